The van der Waals surface area contributed by atoms with E-state index in [1.165, 1.54) is 17.6 Å². The van der Waals surface area contributed by atoms with E-state index < -0.39 is 15.6 Å². The van der Waals surface area contributed by atoms with Crippen molar-refractivity contribution in [1.82, 2.24) is 9.21 Å². The van der Waals surface area contributed by atoms with Crippen LogP contribution < -0.4 is 0 Å². The van der Waals surface area contributed by atoms with Crippen LogP contribution in [0.5, 0.6) is 0 Å². The smallest absolute Gasteiger partial charge is 0.248 e. The zero-order chi connectivity index (χ0) is 12.1. The van der Waals surface area contributed by atoms with Gasteiger partial charge in [-0.25, -0.2) is 8.42 Å². The number of carbonyl (C=O) groups excluding carboxylic acids is 1. The molecule has 0 radical (unpaired) electrons. The zero-order valence-corrected chi connectivity index (χ0v) is 10.5. The Bertz CT molecular complexity index is 460. The van der Waals surface area contributed by atoms with Gasteiger partial charge in [0.1, 0.15) is 4.91 Å². The van der Waals surface area contributed by atoms with Crippen LogP contribution in [0.2, 0.25) is 0 Å². The first-order chi connectivity index (χ1) is 7.32. The number of ketones is 1. The number of sulfonamides is 1. The summed E-state index contributed by atoms with van der Waals surface area (Å²) in [6, 6.07) is 0. The summed E-state index contributed by atoms with van der Waals surface area (Å²) >= 11 is 0. The molecule has 2 fully saturated rings. The van der Waals surface area contributed by atoms with Gasteiger partial charge in [-0.3, -0.25) is 4.79 Å². The molecule has 1 heterocycles. The Hall–Kier alpha value is -0.880. The Labute approximate surface area is 95.8 Å². The fourth-order valence-corrected chi connectivity index (χ4v) is 4.07. The SMILES string of the molecule is CN(C)/C=C1/C(=O)C2(CCC2)N(C)S1(=O)=O. The molecule has 0 amide bonds. The number of hydrogen-bond donors (Lipinski definition) is 0. The average Bonchev–Trinajstić information content (AvgIpc) is 2.23. The summed E-state index contributed by atoms with van der Waals surface area (Å²) in [4.78, 5) is 13.7. The van der Waals surface area contributed by atoms with E-state index in [1.807, 2.05) is 0 Å². The van der Waals surface area contributed by atoms with Crippen molar-refractivity contribution in [3.05, 3.63) is 11.1 Å². The van der Waals surface area contributed by atoms with Crippen LogP contribution in [-0.4, -0.2) is 50.1 Å². The molecule has 2 aliphatic rings. The highest BCUT2D eigenvalue weighted by atomic mass is 32.2. The summed E-state index contributed by atoms with van der Waals surface area (Å²) in [5.41, 5.74) is -0.763. The Morgan fingerprint density at radius 3 is 2.25 bits per heavy atom. The molecule has 1 aliphatic carbocycles. The highest BCUT2D eigenvalue weighted by Gasteiger charge is 2.60. The minimum absolute atomic E-state index is 0.0697. The van der Waals surface area contributed by atoms with Gasteiger partial charge in [-0.05, 0) is 19.3 Å². The lowest BCUT2D eigenvalue weighted by atomic mass is 9.74. The van der Waals surface area contributed by atoms with Crippen LogP contribution in [0.1, 0.15) is 19.3 Å². The van der Waals surface area contributed by atoms with E-state index in [1.54, 1.807) is 19.0 Å². The summed E-state index contributed by atoms with van der Waals surface area (Å²) in [7, 11) is 1.35. The van der Waals surface area contributed by atoms with E-state index in [-0.39, 0.29) is 10.7 Å². The summed E-state index contributed by atoms with van der Waals surface area (Å²) < 4.78 is 25.4. The summed E-state index contributed by atoms with van der Waals surface area (Å²) in [6.07, 6.45) is 3.61. The molecule has 0 aromatic carbocycles. The standard InChI is InChI=1S/C10H16N2O3S/c1-11(2)7-8-9(13)10(5-4-6-10)12(3)16(8,14)15/h7H,4-6H2,1-3H3/b8-7-. The fraction of sp³-hybridized carbons (Fsp3) is 0.700. The Balaban J connectivity index is 2.53. The van der Waals surface area contributed by atoms with Gasteiger partial charge in [0, 0.05) is 27.3 Å². The van der Waals surface area contributed by atoms with Crippen LogP contribution in [0.4, 0.5) is 0 Å². The molecule has 0 aromatic rings. The second-order valence-electron chi connectivity index (χ2n) is 4.64. The normalized spacial score (nSPS) is 29.7. The molecule has 1 aliphatic heterocycles. The zero-order valence-electron chi connectivity index (χ0n) is 9.73. The molecule has 16 heavy (non-hydrogen) atoms. The minimum atomic E-state index is -3.58. The van der Waals surface area contributed by atoms with Gasteiger partial charge in [-0.2, -0.15) is 4.31 Å². The maximum Gasteiger partial charge on any atom is 0.248 e. The van der Waals surface area contributed by atoms with Crippen molar-refractivity contribution in [2.24, 2.45) is 0 Å². The molecule has 1 saturated carbocycles. The van der Waals surface area contributed by atoms with Gasteiger partial charge in [0.2, 0.25) is 10.0 Å². The number of hydrogen-bond acceptors (Lipinski definition) is 4. The second kappa shape index (κ2) is 3.30. The third-order valence-electron chi connectivity index (χ3n) is 3.44. The topological polar surface area (TPSA) is 57.7 Å². The maximum absolute atomic E-state index is 12.2. The van der Waals surface area contributed by atoms with Gasteiger partial charge in [-0.1, -0.05) is 0 Å². The lowest BCUT2D eigenvalue weighted by Gasteiger charge is -2.39. The number of carbonyl (C=O) groups is 1. The largest absolute Gasteiger partial charge is 0.382 e. The highest BCUT2D eigenvalue weighted by molar-refractivity contribution is 7.94. The molecule has 6 heteroatoms. The van der Waals surface area contributed by atoms with E-state index in [2.05, 4.69) is 0 Å². The first-order valence-corrected chi connectivity index (χ1v) is 6.68. The van der Waals surface area contributed by atoms with Crippen molar-refractivity contribution < 1.29 is 13.2 Å². The lowest BCUT2D eigenvalue weighted by molar-refractivity contribution is -0.126. The van der Waals surface area contributed by atoms with Crippen molar-refractivity contribution in [2.75, 3.05) is 21.1 Å². The van der Waals surface area contributed by atoms with Crippen LogP contribution in [0.25, 0.3) is 0 Å². The van der Waals surface area contributed by atoms with Crippen LogP contribution in [0.3, 0.4) is 0 Å². The van der Waals surface area contributed by atoms with Crippen molar-refractivity contribution in [3.63, 3.8) is 0 Å². The van der Waals surface area contributed by atoms with Gasteiger partial charge in [0.15, 0.2) is 5.78 Å². The minimum Gasteiger partial charge on any atom is -0.382 e. The van der Waals surface area contributed by atoms with Gasteiger partial charge >= 0.3 is 0 Å². The van der Waals surface area contributed by atoms with E-state index in [0.29, 0.717) is 12.8 Å². The molecule has 2 rings (SSSR count). The molecular formula is C10H16N2O3S. The first kappa shape index (κ1) is 11.6. The molecule has 1 saturated heterocycles. The van der Waals surface area contributed by atoms with E-state index in [9.17, 15) is 13.2 Å². The average molecular weight is 244 g/mol. The lowest BCUT2D eigenvalue weighted by Crippen LogP contribution is -2.52. The van der Waals surface area contributed by atoms with Crippen molar-refractivity contribution in [2.45, 2.75) is 24.8 Å². The molecule has 0 aromatic heterocycles. The maximum atomic E-state index is 12.2. The van der Waals surface area contributed by atoms with Gasteiger partial charge in [-0.15, -0.1) is 0 Å². The van der Waals surface area contributed by atoms with Gasteiger partial charge in [0.25, 0.3) is 0 Å². The number of likely N-dealkylation sites (N-methyl/N-ethyl adjacent to an activating group) is 1. The summed E-state index contributed by atoms with van der Waals surface area (Å²) in [5.74, 6) is -0.241. The Morgan fingerprint density at radius 1 is 1.38 bits per heavy atom. The van der Waals surface area contributed by atoms with Crippen molar-refractivity contribution >= 4 is 15.8 Å². The molecule has 1 spiro atoms. The molecule has 0 unspecified atom stereocenters. The van der Waals surface area contributed by atoms with Crippen LogP contribution in [0.15, 0.2) is 11.1 Å². The number of nitrogens with zero attached hydrogens (tertiary/aromatic N) is 2. The monoisotopic (exact) mass is 244 g/mol. The van der Waals surface area contributed by atoms with Crippen molar-refractivity contribution in [1.29, 1.82) is 0 Å². The van der Waals surface area contributed by atoms with Crippen molar-refractivity contribution in [3.8, 4) is 0 Å². The number of Topliss-reactive ketones (excluding diaryl/α,β-unsaturated/α-hetero) is 1. The van der Waals surface area contributed by atoms with E-state index in [4.69, 9.17) is 0 Å². The molecule has 0 atom stereocenters. The predicted molar refractivity (Wildman–Crippen MR) is 60.0 cm³/mol. The molecule has 5 nitrogen and oxygen atoms in total. The second-order valence-corrected chi connectivity index (χ2v) is 6.58. The third kappa shape index (κ3) is 1.26. The van der Waals surface area contributed by atoms with Crippen LogP contribution in [0, 0.1) is 0 Å². The Kier molecular flexibility index (Phi) is 2.40. The number of rotatable bonds is 1. The fourth-order valence-electron chi connectivity index (χ4n) is 2.28. The first-order valence-electron chi connectivity index (χ1n) is 5.24. The summed E-state index contributed by atoms with van der Waals surface area (Å²) in [5, 5.41) is 0. The van der Waals surface area contributed by atoms with Crippen LogP contribution >= 0.6 is 0 Å². The third-order valence-corrected chi connectivity index (χ3v) is 5.36. The Morgan fingerprint density at radius 2 is 1.94 bits per heavy atom. The van der Waals surface area contributed by atoms with E-state index >= 15 is 0 Å². The van der Waals surface area contributed by atoms with Crippen LogP contribution in [-0.2, 0) is 14.8 Å². The quantitative estimate of drug-likeness (QED) is 0.616. The molecule has 0 bridgehead atoms. The van der Waals surface area contributed by atoms with E-state index in [0.717, 1.165) is 6.42 Å². The molecular weight excluding hydrogens is 228 g/mol. The van der Waals surface area contributed by atoms with Gasteiger partial charge in [0.05, 0.1) is 5.54 Å². The predicted octanol–water partition coefficient (Wildman–Crippen LogP) is 0.156. The molecule has 90 valence electrons. The van der Waals surface area contributed by atoms with Gasteiger partial charge < -0.3 is 4.90 Å². The molecule has 0 N–H and O–H groups in total. The summed E-state index contributed by atoms with van der Waals surface area (Å²) in [6.45, 7) is 0. The highest BCUT2D eigenvalue weighted by Crippen LogP contribution is 2.47.